The second kappa shape index (κ2) is 5.32. The zero-order valence-electron chi connectivity index (χ0n) is 9.40. The molecular weight excluding hydrogens is 230 g/mol. The van der Waals surface area contributed by atoms with Crippen LogP contribution < -0.4 is 5.32 Å². The van der Waals surface area contributed by atoms with Crippen LogP contribution in [0.15, 0.2) is 6.07 Å². The van der Waals surface area contributed by atoms with E-state index in [0.717, 1.165) is 18.8 Å². The summed E-state index contributed by atoms with van der Waals surface area (Å²) in [5.74, 6) is -0.341. The van der Waals surface area contributed by atoms with Crippen LogP contribution in [-0.2, 0) is 17.8 Å². The van der Waals surface area contributed by atoms with Gasteiger partial charge in [0.1, 0.15) is 0 Å². The molecule has 1 aromatic heterocycles. The standard InChI is InChI=1S/C10H15N3O2.ClH/c1-3-15-10(14)9-4-8-5-11-7(2)6-13(8)12-9;/h4,7,11H,3,5-6H2,1-2H3;1H. The topological polar surface area (TPSA) is 56.2 Å². The Morgan fingerprint density at radius 2 is 2.50 bits per heavy atom. The zero-order chi connectivity index (χ0) is 10.8. The second-order valence-corrected chi connectivity index (χ2v) is 3.71. The molecule has 6 heteroatoms. The lowest BCUT2D eigenvalue weighted by Crippen LogP contribution is -2.36. The monoisotopic (exact) mass is 245 g/mol. The summed E-state index contributed by atoms with van der Waals surface area (Å²) in [4.78, 5) is 11.4. The molecule has 0 saturated carbocycles. The van der Waals surface area contributed by atoms with Gasteiger partial charge in [-0.15, -0.1) is 12.4 Å². The molecule has 0 bridgehead atoms. The van der Waals surface area contributed by atoms with Crippen molar-refractivity contribution in [1.82, 2.24) is 15.1 Å². The molecule has 2 rings (SSSR count). The third kappa shape index (κ3) is 2.54. The Bertz CT molecular complexity index is 378. The summed E-state index contributed by atoms with van der Waals surface area (Å²) < 4.78 is 6.77. The van der Waals surface area contributed by atoms with Crippen LogP contribution in [0.1, 0.15) is 30.0 Å². The molecule has 90 valence electrons. The van der Waals surface area contributed by atoms with Crippen molar-refractivity contribution in [1.29, 1.82) is 0 Å². The number of nitrogens with one attached hydrogen (secondary N) is 1. The fraction of sp³-hybridized carbons (Fsp3) is 0.600. The first kappa shape index (κ1) is 13.0. The molecule has 2 heterocycles. The number of nitrogens with zero attached hydrogens (tertiary/aromatic N) is 2. The summed E-state index contributed by atoms with van der Waals surface area (Å²) in [6.07, 6.45) is 0. The number of hydrogen-bond donors (Lipinski definition) is 1. The average Bonchev–Trinajstić information content (AvgIpc) is 2.60. The molecule has 0 fully saturated rings. The molecule has 1 aliphatic heterocycles. The van der Waals surface area contributed by atoms with E-state index in [-0.39, 0.29) is 18.4 Å². The van der Waals surface area contributed by atoms with E-state index in [2.05, 4.69) is 17.3 Å². The lowest BCUT2D eigenvalue weighted by Gasteiger charge is -2.21. The minimum Gasteiger partial charge on any atom is -0.461 e. The number of carbonyl (C=O) groups excluding carboxylic acids is 1. The van der Waals surface area contributed by atoms with E-state index in [1.54, 1.807) is 13.0 Å². The van der Waals surface area contributed by atoms with Crippen molar-refractivity contribution >= 4 is 18.4 Å². The Kier molecular flexibility index (Phi) is 4.32. The molecule has 0 aliphatic carbocycles. The van der Waals surface area contributed by atoms with E-state index in [9.17, 15) is 4.79 Å². The summed E-state index contributed by atoms with van der Waals surface area (Å²) in [7, 11) is 0. The quantitative estimate of drug-likeness (QED) is 0.789. The van der Waals surface area contributed by atoms with Crippen molar-refractivity contribution in [2.75, 3.05) is 6.61 Å². The molecule has 1 N–H and O–H groups in total. The molecule has 1 atom stereocenters. The van der Waals surface area contributed by atoms with Gasteiger partial charge in [-0.2, -0.15) is 5.10 Å². The Morgan fingerprint density at radius 3 is 3.19 bits per heavy atom. The van der Waals surface area contributed by atoms with Crippen molar-refractivity contribution in [3.63, 3.8) is 0 Å². The molecule has 1 aliphatic rings. The number of carbonyl (C=O) groups is 1. The van der Waals surface area contributed by atoms with Crippen LogP contribution >= 0.6 is 12.4 Å². The summed E-state index contributed by atoms with van der Waals surface area (Å²) in [6, 6.07) is 2.18. The number of ether oxygens (including phenoxy) is 1. The van der Waals surface area contributed by atoms with E-state index in [4.69, 9.17) is 4.74 Å². The highest BCUT2D eigenvalue weighted by Gasteiger charge is 2.19. The Balaban J connectivity index is 0.00000128. The van der Waals surface area contributed by atoms with Gasteiger partial charge in [0.2, 0.25) is 0 Å². The van der Waals surface area contributed by atoms with Crippen LogP contribution in [0.5, 0.6) is 0 Å². The lowest BCUT2D eigenvalue weighted by molar-refractivity contribution is 0.0518. The van der Waals surface area contributed by atoms with Gasteiger partial charge >= 0.3 is 5.97 Å². The predicted octanol–water partition coefficient (Wildman–Crippen LogP) is 0.973. The fourth-order valence-corrected chi connectivity index (χ4v) is 1.66. The van der Waals surface area contributed by atoms with Crippen molar-refractivity contribution < 1.29 is 9.53 Å². The van der Waals surface area contributed by atoms with Crippen LogP contribution in [-0.4, -0.2) is 28.4 Å². The Labute approximate surface area is 101 Å². The van der Waals surface area contributed by atoms with Crippen molar-refractivity contribution in [2.45, 2.75) is 33.0 Å². The second-order valence-electron chi connectivity index (χ2n) is 3.71. The summed E-state index contributed by atoms with van der Waals surface area (Å²) in [5, 5.41) is 7.53. The van der Waals surface area contributed by atoms with Crippen LogP contribution in [0.2, 0.25) is 0 Å². The minimum atomic E-state index is -0.341. The number of aromatic nitrogens is 2. The fourth-order valence-electron chi connectivity index (χ4n) is 1.66. The lowest BCUT2D eigenvalue weighted by atomic mass is 10.2. The molecule has 5 nitrogen and oxygen atoms in total. The summed E-state index contributed by atoms with van der Waals surface area (Å²) in [6.45, 7) is 5.82. The highest BCUT2D eigenvalue weighted by molar-refractivity contribution is 5.87. The maximum atomic E-state index is 11.4. The van der Waals surface area contributed by atoms with E-state index < -0.39 is 0 Å². The van der Waals surface area contributed by atoms with Crippen LogP contribution in [0.25, 0.3) is 0 Å². The molecule has 16 heavy (non-hydrogen) atoms. The maximum absolute atomic E-state index is 11.4. The number of halogens is 1. The van der Waals surface area contributed by atoms with Gasteiger partial charge in [-0.25, -0.2) is 4.79 Å². The Hall–Kier alpha value is -1.07. The molecule has 0 saturated heterocycles. The third-order valence-electron chi connectivity index (χ3n) is 2.43. The molecule has 0 spiro atoms. The van der Waals surface area contributed by atoms with E-state index >= 15 is 0 Å². The number of rotatable bonds is 2. The van der Waals surface area contributed by atoms with Gasteiger partial charge < -0.3 is 10.1 Å². The van der Waals surface area contributed by atoms with E-state index in [1.807, 2.05) is 4.68 Å². The highest BCUT2D eigenvalue weighted by atomic mass is 35.5. The first-order valence-corrected chi connectivity index (χ1v) is 5.18. The van der Waals surface area contributed by atoms with Gasteiger partial charge in [-0.1, -0.05) is 0 Å². The maximum Gasteiger partial charge on any atom is 0.358 e. The minimum absolute atomic E-state index is 0. The normalized spacial score (nSPS) is 18.5. The van der Waals surface area contributed by atoms with Crippen LogP contribution in [0.3, 0.4) is 0 Å². The number of fused-ring (bicyclic) bond motifs is 1. The van der Waals surface area contributed by atoms with Gasteiger partial charge in [0.25, 0.3) is 0 Å². The molecule has 1 aromatic rings. The van der Waals surface area contributed by atoms with Crippen LogP contribution in [0, 0.1) is 0 Å². The van der Waals surface area contributed by atoms with Crippen molar-refractivity contribution in [3.8, 4) is 0 Å². The average molecular weight is 246 g/mol. The van der Waals surface area contributed by atoms with Crippen molar-refractivity contribution in [3.05, 3.63) is 17.5 Å². The molecule has 0 radical (unpaired) electrons. The molecule has 0 aromatic carbocycles. The van der Waals surface area contributed by atoms with Gasteiger partial charge in [0.15, 0.2) is 5.69 Å². The summed E-state index contributed by atoms with van der Waals surface area (Å²) >= 11 is 0. The first-order chi connectivity index (χ1) is 7.20. The first-order valence-electron chi connectivity index (χ1n) is 5.18. The third-order valence-corrected chi connectivity index (χ3v) is 2.43. The smallest absolute Gasteiger partial charge is 0.358 e. The molecular formula is C10H16ClN3O2. The van der Waals surface area contributed by atoms with Gasteiger partial charge in [-0.3, -0.25) is 4.68 Å². The zero-order valence-corrected chi connectivity index (χ0v) is 10.2. The van der Waals surface area contributed by atoms with Gasteiger partial charge in [0.05, 0.1) is 18.8 Å². The molecule has 1 unspecified atom stereocenters. The van der Waals surface area contributed by atoms with E-state index in [0.29, 0.717) is 18.3 Å². The number of esters is 1. The summed E-state index contributed by atoms with van der Waals surface area (Å²) in [5.41, 5.74) is 1.44. The van der Waals surface area contributed by atoms with Gasteiger partial charge in [-0.05, 0) is 19.9 Å². The van der Waals surface area contributed by atoms with Gasteiger partial charge in [0, 0.05) is 12.6 Å². The predicted molar refractivity (Wildman–Crippen MR) is 61.7 cm³/mol. The van der Waals surface area contributed by atoms with Crippen LogP contribution in [0.4, 0.5) is 0 Å². The number of hydrogen-bond acceptors (Lipinski definition) is 4. The molecule has 0 amide bonds. The highest BCUT2D eigenvalue weighted by Crippen LogP contribution is 2.11. The van der Waals surface area contributed by atoms with Crippen molar-refractivity contribution in [2.24, 2.45) is 0 Å². The Morgan fingerprint density at radius 1 is 1.75 bits per heavy atom. The largest absolute Gasteiger partial charge is 0.461 e. The SMILES string of the molecule is CCOC(=O)c1cc2n(n1)CC(C)NC2.Cl. The van der Waals surface area contributed by atoms with E-state index in [1.165, 1.54) is 0 Å².